The molecule has 0 saturated heterocycles. The lowest BCUT2D eigenvalue weighted by molar-refractivity contribution is 0.130. The lowest BCUT2D eigenvalue weighted by Crippen LogP contribution is -2.31. The van der Waals surface area contributed by atoms with Crippen LogP contribution >= 0.6 is 0 Å². The number of aryl methyl sites for hydroxylation is 3. The first-order valence-corrected chi connectivity index (χ1v) is 11.1. The second kappa shape index (κ2) is 8.30. The maximum Gasteiger partial charge on any atom is 0.274 e. The molecule has 1 atom stereocenters. The Kier molecular flexibility index (Phi) is 5.30. The molecule has 0 saturated carbocycles. The maximum atomic E-state index is 13.2. The van der Waals surface area contributed by atoms with Gasteiger partial charge in [0, 0.05) is 10.9 Å². The fraction of sp³-hybridized carbons (Fsp3) is 0.222. The zero-order valence-corrected chi connectivity index (χ0v) is 19.0. The zero-order valence-electron chi connectivity index (χ0n) is 19.0. The van der Waals surface area contributed by atoms with Gasteiger partial charge in [-0.25, -0.2) is 9.67 Å². The summed E-state index contributed by atoms with van der Waals surface area (Å²) in [7, 11) is 0. The Morgan fingerprint density at radius 1 is 0.909 bits per heavy atom. The summed E-state index contributed by atoms with van der Waals surface area (Å²) in [5.74, 6) is 0. The lowest BCUT2D eigenvalue weighted by Gasteiger charge is -2.16. The van der Waals surface area contributed by atoms with Gasteiger partial charge in [-0.1, -0.05) is 48.0 Å². The van der Waals surface area contributed by atoms with Crippen LogP contribution in [-0.4, -0.2) is 30.5 Å². The number of hydrogen-bond acceptors (Lipinski definition) is 4. The molecule has 5 aromatic rings. The van der Waals surface area contributed by atoms with Crippen LogP contribution in [0.5, 0.6) is 0 Å². The van der Waals surface area contributed by atoms with Gasteiger partial charge in [-0.2, -0.15) is 5.10 Å². The van der Waals surface area contributed by atoms with Crippen LogP contribution in [0.25, 0.3) is 33.1 Å². The van der Waals surface area contributed by atoms with Crippen LogP contribution in [0.3, 0.4) is 0 Å². The smallest absolute Gasteiger partial charge is 0.274 e. The number of benzene rings is 3. The van der Waals surface area contributed by atoms with Crippen LogP contribution in [0.4, 0.5) is 0 Å². The zero-order chi connectivity index (χ0) is 23.1. The molecule has 3 aromatic carbocycles. The van der Waals surface area contributed by atoms with E-state index in [1.54, 1.807) is 6.33 Å². The molecule has 1 N–H and O–H groups in total. The second-order valence-electron chi connectivity index (χ2n) is 8.72. The fourth-order valence-corrected chi connectivity index (χ4v) is 4.23. The fourth-order valence-electron chi connectivity index (χ4n) is 4.23. The highest BCUT2D eigenvalue weighted by atomic mass is 16.3. The van der Waals surface area contributed by atoms with Gasteiger partial charge in [0.25, 0.3) is 5.56 Å². The van der Waals surface area contributed by atoms with Crippen LogP contribution in [0.1, 0.15) is 16.7 Å². The largest absolute Gasteiger partial charge is 0.389 e. The molecule has 0 aliphatic heterocycles. The molecule has 5 rings (SSSR count). The Bertz CT molecular complexity index is 1530. The first kappa shape index (κ1) is 21.1. The molecule has 0 fully saturated rings. The number of aliphatic hydroxyl groups is 1. The van der Waals surface area contributed by atoms with Crippen molar-refractivity contribution in [3.8, 4) is 11.3 Å². The standard InChI is InChI=1S/C27H26N4O2/c1-17-8-10-20(11-9-17)26-22-6-4-5-7-23(22)27(33)31(29-26)15-21(32)14-30-16-28-24-12-18(2)19(3)13-25(24)30/h4-13,16,21,32H,14-15H2,1-3H3. The van der Waals surface area contributed by atoms with Crippen molar-refractivity contribution in [1.29, 1.82) is 0 Å². The summed E-state index contributed by atoms with van der Waals surface area (Å²) in [6.45, 7) is 6.57. The molecule has 2 heterocycles. The van der Waals surface area contributed by atoms with E-state index in [4.69, 9.17) is 0 Å². The van der Waals surface area contributed by atoms with Crippen LogP contribution < -0.4 is 5.56 Å². The summed E-state index contributed by atoms with van der Waals surface area (Å²) in [5, 5.41) is 17.0. The number of nitrogens with zero attached hydrogens (tertiary/aromatic N) is 4. The van der Waals surface area contributed by atoms with E-state index in [1.807, 2.05) is 60.0 Å². The van der Waals surface area contributed by atoms with E-state index in [2.05, 4.69) is 36.1 Å². The molecule has 6 heteroatoms. The van der Waals surface area contributed by atoms with E-state index in [-0.39, 0.29) is 12.1 Å². The van der Waals surface area contributed by atoms with Crippen molar-refractivity contribution in [3.05, 3.63) is 94.0 Å². The molecular formula is C27H26N4O2. The van der Waals surface area contributed by atoms with E-state index in [1.165, 1.54) is 15.8 Å². The van der Waals surface area contributed by atoms with Gasteiger partial charge in [0.1, 0.15) is 0 Å². The summed E-state index contributed by atoms with van der Waals surface area (Å²) in [4.78, 5) is 17.6. The SMILES string of the molecule is Cc1ccc(-c2nn(CC(O)Cn3cnc4cc(C)c(C)cc43)c(=O)c3ccccc23)cc1. The minimum Gasteiger partial charge on any atom is -0.389 e. The highest BCUT2D eigenvalue weighted by Gasteiger charge is 2.16. The molecule has 1 unspecified atom stereocenters. The Morgan fingerprint density at radius 3 is 2.36 bits per heavy atom. The Labute approximate surface area is 191 Å². The summed E-state index contributed by atoms with van der Waals surface area (Å²) in [5.41, 5.74) is 6.84. The number of imidazole rings is 1. The van der Waals surface area contributed by atoms with Gasteiger partial charge in [0.2, 0.25) is 0 Å². The first-order valence-electron chi connectivity index (χ1n) is 11.1. The topological polar surface area (TPSA) is 72.9 Å². The molecule has 0 bridgehead atoms. The predicted molar refractivity (Wildman–Crippen MR) is 131 cm³/mol. The van der Waals surface area contributed by atoms with Gasteiger partial charge in [0.15, 0.2) is 0 Å². The number of fused-ring (bicyclic) bond motifs is 2. The van der Waals surface area contributed by atoms with Crippen molar-refractivity contribution in [2.75, 3.05) is 0 Å². The van der Waals surface area contributed by atoms with Crippen LogP contribution in [0.2, 0.25) is 0 Å². The molecule has 0 aliphatic rings. The minimum absolute atomic E-state index is 0.0903. The maximum absolute atomic E-state index is 13.2. The summed E-state index contributed by atoms with van der Waals surface area (Å²) >= 11 is 0. The van der Waals surface area contributed by atoms with E-state index in [9.17, 15) is 9.90 Å². The molecule has 0 amide bonds. The van der Waals surface area contributed by atoms with Gasteiger partial charge in [-0.3, -0.25) is 4.79 Å². The first-order chi connectivity index (χ1) is 15.9. The molecule has 0 radical (unpaired) electrons. The van der Waals surface area contributed by atoms with Gasteiger partial charge >= 0.3 is 0 Å². The highest BCUT2D eigenvalue weighted by Crippen LogP contribution is 2.25. The number of hydrogen-bond donors (Lipinski definition) is 1. The predicted octanol–water partition coefficient (Wildman–Crippen LogP) is 4.40. The van der Waals surface area contributed by atoms with Crippen molar-refractivity contribution in [2.24, 2.45) is 0 Å². The monoisotopic (exact) mass is 438 g/mol. The number of aliphatic hydroxyl groups excluding tert-OH is 1. The lowest BCUT2D eigenvalue weighted by atomic mass is 10.0. The third kappa shape index (κ3) is 3.94. The van der Waals surface area contributed by atoms with E-state index < -0.39 is 6.10 Å². The summed E-state index contributed by atoms with van der Waals surface area (Å²) in [6.07, 6.45) is 0.933. The van der Waals surface area contributed by atoms with Crippen LogP contribution in [-0.2, 0) is 13.1 Å². The molecule has 2 aromatic heterocycles. The average Bonchev–Trinajstić information content (AvgIpc) is 3.18. The molecule has 6 nitrogen and oxygen atoms in total. The molecule has 33 heavy (non-hydrogen) atoms. The van der Waals surface area contributed by atoms with Crippen molar-refractivity contribution < 1.29 is 5.11 Å². The quantitative estimate of drug-likeness (QED) is 0.441. The van der Waals surface area contributed by atoms with E-state index >= 15 is 0 Å². The van der Waals surface area contributed by atoms with Crippen molar-refractivity contribution in [1.82, 2.24) is 19.3 Å². The Balaban J connectivity index is 1.51. The molecular weight excluding hydrogens is 412 g/mol. The third-order valence-corrected chi connectivity index (χ3v) is 6.22. The van der Waals surface area contributed by atoms with Crippen molar-refractivity contribution in [3.63, 3.8) is 0 Å². The summed E-state index contributed by atoms with van der Waals surface area (Å²) in [6, 6.07) is 19.7. The van der Waals surface area contributed by atoms with Crippen LogP contribution in [0.15, 0.2) is 71.8 Å². The second-order valence-corrected chi connectivity index (χ2v) is 8.72. The van der Waals surface area contributed by atoms with E-state index in [0.29, 0.717) is 11.9 Å². The Hall–Kier alpha value is -3.77. The number of rotatable bonds is 5. The van der Waals surface area contributed by atoms with Crippen molar-refractivity contribution in [2.45, 2.75) is 40.0 Å². The van der Waals surface area contributed by atoms with E-state index in [0.717, 1.165) is 33.2 Å². The van der Waals surface area contributed by atoms with Crippen LogP contribution in [0, 0.1) is 20.8 Å². The average molecular weight is 439 g/mol. The van der Waals surface area contributed by atoms with Crippen molar-refractivity contribution >= 4 is 21.8 Å². The minimum atomic E-state index is -0.804. The Morgan fingerprint density at radius 2 is 1.61 bits per heavy atom. The normalized spacial score (nSPS) is 12.5. The molecule has 0 spiro atoms. The molecule has 166 valence electrons. The highest BCUT2D eigenvalue weighted by molar-refractivity contribution is 5.93. The van der Waals surface area contributed by atoms with Gasteiger partial charge in [0.05, 0.1) is 47.6 Å². The van der Waals surface area contributed by atoms with Gasteiger partial charge in [-0.05, 0) is 50.1 Å². The van der Waals surface area contributed by atoms with Gasteiger partial charge < -0.3 is 9.67 Å². The molecule has 0 aliphatic carbocycles. The number of aromatic nitrogens is 4. The van der Waals surface area contributed by atoms with Gasteiger partial charge in [-0.15, -0.1) is 0 Å². The third-order valence-electron chi connectivity index (χ3n) is 6.22. The summed E-state index contributed by atoms with van der Waals surface area (Å²) < 4.78 is 3.32.